The number of rotatable bonds is 8. The van der Waals surface area contributed by atoms with Crippen molar-refractivity contribution < 1.29 is 4.74 Å². The van der Waals surface area contributed by atoms with Gasteiger partial charge in [0.1, 0.15) is 12.1 Å². The van der Waals surface area contributed by atoms with Crippen LogP contribution in [-0.4, -0.2) is 29.7 Å². The van der Waals surface area contributed by atoms with Crippen LogP contribution >= 0.6 is 0 Å². The molecule has 4 nitrogen and oxygen atoms in total. The molecule has 0 aliphatic heterocycles. The summed E-state index contributed by atoms with van der Waals surface area (Å²) in [5, 5.41) is 3.24. The molecule has 0 radical (unpaired) electrons. The minimum atomic E-state index is 0.588. The average Bonchev–Trinajstić information content (AvgIpc) is 2.29. The van der Waals surface area contributed by atoms with Gasteiger partial charge in [0.25, 0.3) is 0 Å². The smallest absolute Gasteiger partial charge is 0.129 e. The Labute approximate surface area is 104 Å². The molecule has 0 saturated heterocycles. The van der Waals surface area contributed by atoms with Gasteiger partial charge in [-0.05, 0) is 12.3 Å². The van der Waals surface area contributed by atoms with Gasteiger partial charge in [0.15, 0.2) is 0 Å². The molecule has 1 heterocycles. The van der Waals surface area contributed by atoms with E-state index in [0.717, 1.165) is 37.5 Å². The molecule has 0 fully saturated rings. The summed E-state index contributed by atoms with van der Waals surface area (Å²) in [7, 11) is 0. The van der Waals surface area contributed by atoms with Crippen molar-refractivity contribution in [3.8, 4) is 0 Å². The number of anilines is 1. The minimum absolute atomic E-state index is 0.588. The summed E-state index contributed by atoms with van der Waals surface area (Å²) in [4.78, 5) is 8.39. The number of hydrogen-bond acceptors (Lipinski definition) is 4. The van der Waals surface area contributed by atoms with Gasteiger partial charge in [0, 0.05) is 24.9 Å². The van der Waals surface area contributed by atoms with Crippen molar-refractivity contribution >= 4 is 5.82 Å². The maximum atomic E-state index is 5.49. The Morgan fingerprint density at radius 2 is 2.18 bits per heavy atom. The van der Waals surface area contributed by atoms with E-state index < -0.39 is 0 Å². The highest BCUT2D eigenvalue weighted by Gasteiger charge is 1.98. The SMILES string of the molecule is CCCc1cc(NCCOCC(C)C)ncn1. The molecule has 0 spiro atoms. The minimum Gasteiger partial charge on any atom is -0.379 e. The van der Waals surface area contributed by atoms with Crippen LogP contribution in [0.15, 0.2) is 12.4 Å². The van der Waals surface area contributed by atoms with Crippen LogP contribution in [0.25, 0.3) is 0 Å². The second-order valence-electron chi connectivity index (χ2n) is 4.54. The zero-order chi connectivity index (χ0) is 12.5. The Bertz CT molecular complexity index is 315. The monoisotopic (exact) mass is 237 g/mol. The summed E-state index contributed by atoms with van der Waals surface area (Å²) in [6.45, 7) is 8.76. The summed E-state index contributed by atoms with van der Waals surface area (Å²) in [6, 6.07) is 2.01. The van der Waals surface area contributed by atoms with E-state index in [1.54, 1.807) is 6.33 Å². The molecule has 17 heavy (non-hydrogen) atoms. The second-order valence-corrected chi connectivity index (χ2v) is 4.54. The molecule has 1 N–H and O–H groups in total. The molecule has 1 rings (SSSR count). The quantitative estimate of drug-likeness (QED) is 0.706. The van der Waals surface area contributed by atoms with Crippen molar-refractivity contribution in [2.75, 3.05) is 25.1 Å². The Morgan fingerprint density at radius 1 is 1.35 bits per heavy atom. The third-order valence-electron chi connectivity index (χ3n) is 2.23. The first-order chi connectivity index (χ1) is 8.22. The van der Waals surface area contributed by atoms with E-state index in [2.05, 4.69) is 36.1 Å². The van der Waals surface area contributed by atoms with Crippen LogP contribution in [0.5, 0.6) is 0 Å². The molecule has 0 aromatic carbocycles. The summed E-state index contributed by atoms with van der Waals surface area (Å²) >= 11 is 0. The maximum absolute atomic E-state index is 5.49. The fourth-order valence-corrected chi connectivity index (χ4v) is 1.46. The standard InChI is InChI=1S/C13H23N3O/c1-4-5-12-8-13(16-10-15-12)14-6-7-17-9-11(2)3/h8,10-11H,4-7,9H2,1-3H3,(H,14,15,16). The summed E-state index contributed by atoms with van der Waals surface area (Å²) < 4.78 is 5.49. The van der Waals surface area contributed by atoms with Crippen molar-refractivity contribution in [2.24, 2.45) is 5.92 Å². The molecule has 0 atom stereocenters. The van der Waals surface area contributed by atoms with Crippen LogP contribution in [-0.2, 0) is 11.2 Å². The van der Waals surface area contributed by atoms with Gasteiger partial charge in [0.05, 0.1) is 6.61 Å². The lowest BCUT2D eigenvalue weighted by Crippen LogP contribution is -2.13. The highest BCUT2D eigenvalue weighted by atomic mass is 16.5. The molecule has 1 aromatic rings. The first kappa shape index (κ1) is 13.9. The third kappa shape index (κ3) is 6.22. The van der Waals surface area contributed by atoms with Gasteiger partial charge in [-0.15, -0.1) is 0 Å². The molecular formula is C13H23N3O. The molecule has 96 valence electrons. The normalized spacial score (nSPS) is 10.8. The second kappa shape index (κ2) is 8.01. The van der Waals surface area contributed by atoms with E-state index in [0.29, 0.717) is 12.5 Å². The van der Waals surface area contributed by atoms with Gasteiger partial charge in [-0.3, -0.25) is 0 Å². The predicted molar refractivity (Wildman–Crippen MR) is 70.2 cm³/mol. The molecule has 4 heteroatoms. The van der Waals surface area contributed by atoms with E-state index in [1.807, 2.05) is 6.07 Å². The largest absolute Gasteiger partial charge is 0.379 e. The van der Waals surface area contributed by atoms with Gasteiger partial charge in [0.2, 0.25) is 0 Å². The zero-order valence-electron chi connectivity index (χ0n) is 11.1. The van der Waals surface area contributed by atoms with Crippen molar-refractivity contribution in [1.82, 2.24) is 9.97 Å². The number of aryl methyl sites for hydroxylation is 1. The number of nitrogens with zero attached hydrogens (tertiary/aromatic N) is 2. The third-order valence-corrected chi connectivity index (χ3v) is 2.23. The summed E-state index contributed by atoms with van der Waals surface area (Å²) in [6.07, 6.45) is 3.72. The van der Waals surface area contributed by atoms with Gasteiger partial charge in [-0.2, -0.15) is 0 Å². The number of aromatic nitrogens is 2. The van der Waals surface area contributed by atoms with Crippen LogP contribution in [0.3, 0.4) is 0 Å². The molecule has 0 unspecified atom stereocenters. The van der Waals surface area contributed by atoms with Crippen LogP contribution in [0.1, 0.15) is 32.9 Å². The van der Waals surface area contributed by atoms with E-state index in [9.17, 15) is 0 Å². The van der Waals surface area contributed by atoms with Gasteiger partial charge in [-0.1, -0.05) is 27.2 Å². The molecular weight excluding hydrogens is 214 g/mol. The highest BCUT2D eigenvalue weighted by Crippen LogP contribution is 2.05. The Balaban J connectivity index is 2.24. The molecule has 0 bridgehead atoms. The lowest BCUT2D eigenvalue weighted by atomic mass is 10.2. The Morgan fingerprint density at radius 3 is 2.88 bits per heavy atom. The van der Waals surface area contributed by atoms with E-state index in [-0.39, 0.29) is 0 Å². The first-order valence-corrected chi connectivity index (χ1v) is 6.35. The Kier molecular flexibility index (Phi) is 6.55. The van der Waals surface area contributed by atoms with Gasteiger partial charge in [-0.25, -0.2) is 9.97 Å². The van der Waals surface area contributed by atoms with Crippen molar-refractivity contribution in [3.63, 3.8) is 0 Å². The topological polar surface area (TPSA) is 47.0 Å². The van der Waals surface area contributed by atoms with Crippen molar-refractivity contribution in [2.45, 2.75) is 33.6 Å². The average molecular weight is 237 g/mol. The van der Waals surface area contributed by atoms with Gasteiger partial charge >= 0.3 is 0 Å². The lowest BCUT2D eigenvalue weighted by Gasteiger charge is -2.08. The van der Waals surface area contributed by atoms with Crippen LogP contribution in [0.4, 0.5) is 5.82 Å². The summed E-state index contributed by atoms with van der Waals surface area (Å²) in [5.74, 6) is 1.47. The molecule has 0 aliphatic carbocycles. The van der Waals surface area contributed by atoms with E-state index >= 15 is 0 Å². The highest BCUT2D eigenvalue weighted by molar-refractivity contribution is 5.34. The van der Waals surface area contributed by atoms with Gasteiger partial charge < -0.3 is 10.1 Å². The van der Waals surface area contributed by atoms with Crippen LogP contribution in [0.2, 0.25) is 0 Å². The van der Waals surface area contributed by atoms with Crippen LogP contribution in [0, 0.1) is 5.92 Å². The molecule has 1 aromatic heterocycles. The van der Waals surface area contributed by atoms with E-state index in [4.69, 9.17) is 4.74 Å². The zero-order valence-corrected chi connectivity index (χ0v) is 11.1. The Hall–Kier alpha value is -1.16. The number of nitrogens with one attached hydrogen (secondary N) is 1. The fraction of sp³-hybridized carbons (Fsp3) is 0.692. The number of ether oxygens (including phenoxy) is 1. The molecule has 0 amide bonds. The molecule has 0 saturated carbocycles. The maximum Gasteiger partial charge on any atom is 0.129 e. The first-order valence-electron chi connectivity index (χ1n) is 6.35. The predicted octanol–water partition coefficient (Wildman–Crippen LogP) is 2.51. The molecule has 0 aliphatic rings. The van der Waals surface area contributed by atoms with Crippen LogP contribution < -0.4 is 5.32 Å². The van der Waals surface area contributed by atoms with Crippen molar-refractivity contribution in [3.05, 3.63) is 18.1 Å². The number of hydrogen-bond donors (Lipinski definition) is 1. The fourth-order valence-electron chi connectivity index (χ4n) is 1.46. The lowest BCUT2D eigenvalue weighted by molar-refractivity contribution is 0.118. The van der Waals surface area contributed by atoms with Crippen molar-refractivity contribution in [1.29, 1.82) is 0 Å². The summed E-state index contributed by atoms with van der Waals surface area (Å²) in [5.41, 5.74) is 1.09. The van der Waals surface area contributed by atoms with E-state index in [1.165, 1.54) is 0 Å².